The van der Waals surface area contributed by atoms with Crippen LogP contribution in [0.25, 0.3) is 0 Å². The largest absolute Gasteiger partial charge is 0.435 e. The van der Waals surface area contributed by atoms with Crippen molar-refractivity contribution < 1.29 is 48.7 Å². The van der Waals surface area contributed by atoms with E-state index in [1.807, 2.05) is 0 Å². The summed E-state index contributed by atoms with van der Waals surface area (Å²) in [6.45, 7) is 3.34. The van der Waals surface area contributed by atoms with Crippen molar-refractivity contribution in [1.29, 1.82) is 0 Å². The second kappa shape index (κ2) is 11.8. The Bertz CT molecular complexity index is 1690. The number of ketones is 1. The van der Waals surface area contributed by atoms with Crippen LogP contribution in [0.1, 0.15) is 80.5 Å². The van der Waals surface area contributed by atoms with Crippen LogP contribution in [0, 0.1) is 30.6 Å². The zero-order chi connectivity index (χ0) is 35.0. The maximum absolute atomic E-state index is 15.1. The number of benzene rings is 2. The molecular weight excluding hydrogens is 663 g/mol. The number of hydrogen-bond acceptors (Lipinski definition) is 4. The second-order valence-corrected chi connectivity index (χ2v) is 16.4. The van der Waals surface area contributed by atoms with Gasteiger partial charge in [-0.25, -0.2) is 12.8 Å². The number of carbonyl (C=O) groups excluding carboxylic acids is 2. The molecule has 6 rings (SSSR count). The van der Waals surface area contributed by atoms with Gasteiger partial charge in [-0.05, 0) is 100 Å². The highest BCUT2D eigenvalue weighted by atomic mass is 32.2. The SMILES string of the molecule is CC(=O)C1CCC2CC[C@H]1C[C@H](C(=O)N1CC[C@@]3(S(=O)(=O)c4ccc(C)cc4)c4ccc(C(F)(C(F)(F)F)C(F)(F)F)cc4CC[C@@H]13)C2. The molecule has 5 nitrogen and oxygen atoms in total. The molecule has 2 aromatic carbocycles. The van der Waals surface area contributed by atoms with Gasteiger partial charge in [0.05, 0.1) is 10.9 Å². The van der Waals surface area contributed by atoms with E-state index >= 15 is 4.39 Å². The van der Waals surface area contributed by atoms with Crippen molar-refractivity contribution in [2.24, 2.45) is 23.7 Å². The van der Waals surface area contributed by atoms with Gasteiger partial charge in [-0.3, -0.25) is 9.59 Å². The minimum atomic E-state index is -6.32. The van der Waals surface area contributed by atoms with Gasteiger partial charge in [-0.1, -0.05) is 42.3 Å². The summed E-state index contributed by atoms with van der Waals surface area (Å²) >= 11 is 0. The van der Waals surface area contributed by atoms with Crippen LogP contribution in [0.15, 0.2) is 47.4 Å². The summed E-state index contributed by atoms with van der Waals surface area (Å²) in [5.41, 5.74) is -6.71. The third kappa shape index (κ3) is 5.28. The molecule has 3 aliphatic carbocycles. The first-order chi connectivity index (χ1) is 22.3. The Hall–Kier alpha value is -2.96. The van der Waals surface area contributed by atoms with Crippen LogP contribution in [0.3, 0.4) is 0 Å². The summed E-state index contributed by atoms with van der Waals surface area (Å²) in [4.78, 5) is 28.4. The fourth-order valence-corrected chi connectivity index (χ4v) is 11.6. The molecule has 3 fully saturated rings. The molecule has 0 radical (unpaired) electrons. The van der Waals surface area contributed by atoms with Gasteiger partial charge >= 0.3 is 18.0 Å². The van der Waals surface area contributed by atoms with E-state index in [0.717, 1.165) is 37.3 Å². The first-order valence-electron chi connectivity index (χ1n) is 16.4. The topological polar surface area (TPSA) is 71.5 Å². The number of Topliss-reactive ketones (excluding diaryl/α,β-unsaturated/α-hetero) is 1. The lowest BCUT2D eigenvalue weighted by Crippen LogP contribution is -2.54. The number of alkyl halides is 7. The molecular formula is C35H38F7NO4S. The van der Waals surface area contributed by atoms with Crippen LogP contribution in [-0.4, -0.2) is 49.9 Å². The van der Waals surface area contributed by atoms with Crippen molar-refractivity contribution >= 4 is 21.5 Å². The molecule has 0 aromatic heterocycles. The van der Waals surface area contributed by atoms with Crippen LogP contribution in [0.4, 0.5) is 30.7 Å². The molecule has 0 N–H and O–H groups in total. The average Bonchev–Trinajstić information content (AvgIpc) is 3.13. The summed E-state index contributed by atoms with van der Waals surface area (Å²) in [6.07, 6.45) is -8.57. The van der Waals surface area contributed by atoms with Gasteiger partial charge in [0, 0.05) is 23.9 Å². The highest BCUT2D eigenvalue weighted by molar-refractivity contribution is 7.92. The lowest BCUT2D eigenvalue weighted by molar-refractivity contribution is -0.348. The summed E-state index contributed by atoms with van der Waals surface area (Å²) < 4.78 is 125. The molecule has 2 unspecified atom stereocenters. The third-order valence-electron chi connectivity index (χ3n) is 11.6. The fourth-order valence-electron chi connectivity index (χ4n) is 9.22. The zero-order valence-electron chi connectivity index (χ0n) is 26.6. The van der Waals surface area contributed by atoms with E-state index in [4.69, 9.17) is 0 Å². The van der Waals surface area contributed by atoms with Crippen molar-refractivity contribution in [3.8, 4) is 0 Å². The number of hydrogen-bond donors (Lipinski definition) is 0. The number of rotatable bonds is 5. The van der Waals surface area contributed by atoms with Crippen LogP contribution in [0.5, 0.6) is 0 Å². The molecule has 6 atom stereocenters. The number of fused-ring (bicyclic) bond motifs is 6. The highest BCUT2D eigenvalue weighted by Crippen LogP contribution is 2.57. The predicted molar refractivity (Wildman–Crippen MR) is 162 cm³/mol. The van der Waals surface area contributed by atoms with Gasteiger partial charge in [0.1, 0.15) is 10.5 Å². The van der Waals surface area contributed by atoms with E-state index in [9.17, 15) is 44.3 Å². The standard InChI is InChI=1S/C35H38F7NO4S/c1-20-3-10-27(11-4-20)48(46,47)32-15-16-43(31(45)25-17-22-5-7-23(18-25)28(12-6-22)21(2)44)30(32)14-8-24-19-26(9-13-29(24)32)33(36,34(37,38)39)35(40,41)42/h3-4,9-11,13,19,22-23,25,28,30H,5-8,12,14-18H2,1-2H3/t22?,23-,25+,28?,30+,32+/m0/s1. The van der Waals surface area contributed by atoms with E-state index in [1.54, 1.807) is 30.9 Å². The van der Waals surface area contributed by atoms with Gasteiger partial charge in [0.25, 0.3) is 0 Å². The number of nitrogens with zero attached hydrogens (tertiary/aromatic N) is 1. The third-order valence-corrected chi connectivity index (χ3v) is 14.2. The minimum absolute atomic E-state index is 0.00983. The monoisotopic (exact) mass is 701 g/mol. The smallest absolute Gasteiger partial charge is 0.337 e. The maximum atomic E-state index is 15.1. The number of halogens is 7. The lowest BCUT2D eigenvalue weighted by Gasteiger charge is -2.44. The predicted octanol–water partition coefficient (Wildman–Crippen LogP) is 7.92. The number of amides is 1. The Morgan fingerprint density at radius 1 is 0.854 bits per heavy atom. The Balaban J connectivity index is 1.45. The molecule has 2 aromatic rings. The Labute approximate surface area is 275 Å². The number of likely N-dealkylation sites (tertiary alicyclic amines) is 1. The molecule has 262 valence electrons. The second-order valence-electron chi connectivity index (χ2n) is 14.2. The zero-order valence-corrected chi connectivity index (χ0v) is 27.4. The summed E-state index contributed by atoms with van der Waals surface area (Å²) in [5, 5.41) is 0. The van der Waals surface area contributed by atoms with Crippen molar-refractivity contribution in [1.82, 2.24) is 4.90 Å². The number of aryl methyl sites for hydroxylation is 2. The normalized spacial score (nSPS) is 29.5. The first kappa shape index (κ1) is 34.9. The number of carbonyl (C=O) groups is 2. The fraction of sp³-hybridized carbons (Fsp3) is 0.600. The first-order valence-corrected chi connectivity index (χ1v) is 17.9. The molecule has 1 aliphatic heterocycles. The minimum Gasteiger partial charge on any atom is -0.337 e. The summed E-state index contributed by atoms with van der Waals surface area (Å²) in [6, 6.07) is 6.78. The quantitative estimate of drug-likeness (QED) is 0.297. The Morgan fingerprint density at radius 2 is 1.50 bits per heavy atom. The van der Waals surface area contributed by atoms with E-state index < -0.39 is 50.1 Å². The van der Waals surface area contributed by atoms with E-state index in [2.05, 4.69) is 0 Å². The average molecular weight is 702 g/mol. The maximum Gasteiger partial charge on any atom is 0.435 e. The van der Waals surface area contributed by atoms with Gasteiger partial charge in [0.2, 0.25) is 5.91 Å². The molecule has 2 saturated carbocycles. The van der Waals surface area contributed by atoms with Crippen LogP contribution < -0.4 is 0 Å². The molecule has 1 heterocycles. The Morgan fingerprint density at radius 3 is 2.12 bits per heavy atom. The molecule has 48 heavy (non-hydrogen) atoms. The van der Waals surface area contributed by atoms with Crippen LogP contribution in [0.2, 0.25) is 0 Å². The van der Waals surface area contributed by atoms with Crippen LogP contribution >= 0.6 is 0 Å². The van der Waals surface area contributed by atoms with Crippen molar-refractivity contribution in [3.05, 3.63) is 64.7 Å². The summed E-state index contributed by atoms with van der Waals surface area (Å²) in [7, 11) is -4.41. The molecule has 0 spiro atoms. The lowest BCUT2D eigenvalue weighted by atomic mass is 9.75. The van der Waals surface area contributed by atoms with Gasteiger partial charge in [-0.15, -0.1) is 0 Å². The van der Waals surface area contributed by atoms with E-state index in [1.165, 1.54) is 12.1 Å². The number of sulfone groups is 1. The van der Waals surface area contributed by atoms with Gasteiger partial charge < -0.3 is 4.90 Å². The Kier molecular flexibility index (Phi) is 8.60. The van der Waals surface area contributed by atoms with Crippen LogP contribution in [-0.2, 0) is 36.3 Å². The van der Waals surface area contributed by atoms with Gasteiger partial charge in [-0.2, -0.15) is 26.3 Å². The summed E-state index contributed by atoms with van der Waals surface area (Å²) in [5.74, 6) is -0.463. The van der Waals surface area contributed by atoms with Crippen molar-refractivity contribution in [2.75, 3.05) is 6.54 Å². The highest BCUT2D eigenvalue weighted by Gasteiger charge is 2.74. The van der Waals surface area contributed by atoms with Crippen molar-refractivity contribution in [2.45, 2.75) is 105 Å². The van der Waals surface area contributed by atoms with Gasteiger partial charge in [0.15, 0.2) is 9.84 Å². The molecule has 4 aliphatic rings. The molecule has 1 amide bonds. The van der Waals surface area contributed by atoms with E-state index in [-0.39, 0.29) is 71.3 Å². The molecule has 13 heteroatoms. The molecule has 1 saturated heterocycles. The molecule has 2 bridgehead atoms. The van der Waals surface area contributed by atoms with E-state index in [0.29, 0.717) is 25.0 Å². The van der Waals surface area contributed by atoms with Crippen molar-refractivity contribution in [3.63, 3.8) is 0 Å².